The van der Waals surface area contributed by atoms with Crippen LogP contribution >= 0.6 is 22.3 Å². The second kappa shape index (κ2) is 3.84. The molecule has 0 fully saturated rings. The van der Waals surface area contributed by atoms with E-state index >= 15 is 0 Å². The highest BCUT2D eigenvalue weighted by Gasteiger charge is 2.18. The molecule has 0 saturated heterocycles. The second-order valence-corrected chi connectivity index (χ2v) is 5.23. The van der Waals surface area contributed by atoms with Crippen molar-refractivity contribution in [2.75, 3.05) is 0 Å². The maximum atomic E-state index is 11.0. The lowest BCUT2D eigenvalue weighted by atomic mass is 10.2. The third-order valence-electron chi connectivity index (χ3n) is 1.46. The predicted molar refractivity (Wildman–Crippen MR) is 50.4 cm³/mol. The summed E-state index contributed by atoms with van der Waals surface area (Å²) in [6.07, 6.45) is 0. The molecule has 0 radical (unpaired) electrons. The molecule has 1 aromatic carbocycles. The quantitative estimate of drug-likeness (QED) is 0.802. The SMILES string of the molecule is O=S(=O)(Cl)c1c(Cl)cccc1CO. The predicted octanol–water partition coefficient (Wildman–Crippen LogP) is 1.76. The molecule has 0 heterocycles. The minimum absolute atomic E-state index is 0.0153. The Morgan fingerprint density at radius 3 is 2.38 bits per heavy atom. The van der Waals surface area contributed by atoms with E-state index in [0.29, 0.717) is 0 Å². The molecule has 1 rings (SSSR count). The van der Waals surface area contributed by atoms with Crippen molar-refractivity contribution >= 4 is 31.3 Å². The zero-order chi connectivity index (χ0) is 10.1. The van der Waals surface area contributed by atoms with Crippen molar-refractivity contribution in [3.05, 3.63) is 28.8 Å². The summed E-state index contributed by atoms with van der Waals surface area (Å²) in [5.74, 6) is 0. The van der Waals surface area contributed by atoms with Crippen molar-refractivity contribution in [3.63, 3.8) is 0 Å². The summed E-state index contributed by atoms with van der Waals surface area (Å²) in [5.41, 5.74) is 0.197. The standard InChI is InChI=1S/C7H6Cl2O3S/c8-6-3-1-2-5(4-10)7(6)13(9,11)12/h1-3,10H,4H2. The number of rotatable bonds is 2. The van der Waals surface area contributed by atoms with Crippen molar-refractivity contribution < 1.29 is 13.5 Å². The first-order valence-corrected chi connectivity index (χ1v) is 5.98. The van der Waals surface area contributed by atoms with Gasteiger partial charge in [-0.3, -0.25) is 0 Å². The average molecular weight is 241 g/mol. The van der Waals surface area contributed by atoms with Gasteiger partial charge in [0.05, 0.1) is 11.6 Å². The summed E-state index contributed by atoms with van der Waals surface area (Å²) in [6.45, 7) is -0.415. The highest BCUT2D eigenvalue weighted by molar-refractivity contribution is 8.13. The van der Waals surface area contributed by atoms with E-state index < -0.39 is 15.7 Å². The van der Waals surface area contributed by atoms with E-state index in [0.717, 1.165) is 0 Å². The fourth-order valence-corrected chi connectivity index (χ4v) is 2.86. The molecule has 13 heavy (non-hydrogen) atoms. The molecular weight excluding hydrogens is 235 g/mol. The van der Waals surface area contributed by atoms with Crippen molar-refractivity contribution in [1.29, 1.82) is 0 Å². The zero-order valence-corrected chi connectivity index (χ0v) is 8.70. The van der Waals surface area contributed by atoms with Gasteiger partial charge in [-0.25, -0.2) is 8.42 Å². The van der Waals surface area contributed by atoms with Gasteiger partial charge < -0.3 is 5.11 Å². The van der Waals surface area contributed by atoms with Crippen molar-refractivity contribution in [2.24, 2.45) is 0 Å². The van der Waals surface area contributed by atoms with Crippen molar-refractivity contribution in [3.8, 4) is 0 Å². The minimum atomic E-state index is -3.90. The number of hydrogen-bond acceptors (Lipinski definition) is 3. The lowest BCUT2D eigenvalue weighted by molar-refractivity contribution is 0.278. The van der Waals surface area contributed by atoms with Gasteiger partial charge in [-0.1, -0.05) is 23.7 Å². The minimum Gasteiger partial charge on any atom is -0.392 e. The van der Waals surface area contributed by atoms with Crippen molar-refractivity contribution in [2.45, 2.75) is 11.5 Å². The number of halogens is 2. The molecule has 0 aliphatic rings. The first-order chi connectivity index (χ1) is 5.96. The molecule has 0 atom stereocenters. The van der Waals surface area contributed by atoms with Gasteiger partial charge in [-0.05, 0) is 11.6 Å². The van der Waals surface area contributed by atoms with Gasteiger partial charge in [0.15, 0.2) is 0 Å². The van der Waals surface area contributed by atoms with Crippen LogP contribution in [0.2, 0.25) is 5.02 Å². The topological polar surface area (TPSA) is 54.4 Å². The molecule has 0 amide bonds. The Morgan fingerprint density at radius 1 is 1.38 bits per heavy atom. The summed E-state index contributed by atoms with van der Waals surface area (Å²) in [4.78, 5) is -0.221. The number of benzene rings is 1. The molecule has 0 unspecified atom stereocenters. The molecule has 1 N–H and O–H groups in total. The first-order valence-electron chi connectivity index (χ1n) is 3.29. The van der Waals surface area contributed by atoms with Crippen LogP contribution in [0, 0.1) is 0 Å². The van der Waals surface area contributed by atoms with Crippen LogP contribution in [0.3, 0.4) is 0 Å². The number of aliphatic hydroxyl groups excluding tert-OH is 1. The summed E-state index contributed by atoms with van der Waals surface area (Å²) in [5, 5.41) is 8.84. The van der Waals surface area contributed by atoms with E-state index in [4.69, 9.17) is 27.4 Å². The van der Waals surface area contributed by atoms with Gasteiger partial charge in [-0.2, -0.15) is 0 Å². The van der Waals surface area contributed by atoms with Crippen LogP contribution in [0.15, 0.2) is 23.1 Å². The van der Waals surface area contributed by atoms with E-state index in [2.05, 4.69) is 0 Å². The molecule has 1 aromatic rings. The van der Waals surface area contributed by atoms with Gasteiger partial charge >= 0.3 is 0 Å². The highest BCUT2D eigenvalue weighted by atomic mass is 35.7. The molecule has 0 aromatic heterocycles. The van der Waals surface area contributed by atoms with Crippen LogP contribution in [-0.2, 0) is 15.7 Å². The Balaban J connectivity index is 3.50. The molecule has 3 nitrogen and oxygen atoms in total. The Bertz CT molecular complexity index is 414. The Morgan fingerprint density at radius 2 is 2.00 bits per heavy atom. The maximum Gasteiger partial charge on any atom is 0.263 e. The van der Waals surface area contributed by atoms with Crippen molar-refractivity contribution in [1.82, 2.24) is 0 Å². The van der Waals surface area contributed by atoms with Gasteiger partial charge in [0, 0.05) is 10.7 Å². The van der Waals surface area contributed by atoms with E-state index in [1.807, 2.05) is 0 Å². The largest absolute Gasteiger partial charge is 0.392 e. The smallest absolute Gasteiger partial charge is 0.263 e. The Kier molecular flexibility index (Phi) is 3.18. The summed E-state index contributed by atoms with van der Waals surface area (Å²) in [7, 11) is 1.23. The van der Waals surface area contributed by atoms with Crippen LogP contribution in [0.5, 0.6) is 0 Å². The fraction of sp³-hybridized carbons (Fsp3) is 0.143. The van der Waals surface area contributed by atoms with Gasteiger partial charge in [-0.15, -0.1) is 0 Å². The average Bonchev–Trinajstić information content (AvgIpc) is 2.01. The Labute approximate surface area is 85.3 Å². The van der Waals surface area contributed by atoms with E-state index in [1.165, 1.54) is 12.1 Å². The van der Waals surface area contributed by atoms with Crippen LogP contribution in [0.25, 0.3) is 0 Å². The first kappa shape index (κ1) is 10.8. The highest BCUT2D eigenvalue weighted by Crippen LogP contribution is 2.28. The number of hydrogen-bond donors (Lipinski definition) is 1. The van der Waals surface area contributed by atoms with E-state index in [1.54, 1.807) is 6.07 Å². The third-order valence-corrected chi connectivity index (χ3v) is 3.32. The third kappa shape index (κ3) is 2.34. The summed E-state index contributed by atoms with van der Waals surface area (Å²) >= 11 is 5.62. The maximum absolute atomic E-state index is 11.0. The Hall–Kier alpha value is -0.290. The van der Waals surface area contributed by atoms with Crippen LogP contribution in [0.4, 0.5) is 0 Å². The monoisotopic (exact) mass is 240 g/mol. The van der Waals surface area contributed by atoms with Gasteiger partial charge in [0.2, 0.25) is 0 Å². The van der Waals surface area contributed by atoms with Crippen LogP contribution < -0.4 is 0 Å². The van der Waals surface area contributed by atoms with E-state index in [-0.39, 0.29) is 15.5 Å². The normalized spacial score (nSPS) is 11.6. The molecule has 0 bridgehead atoms. The zero-order valence-electron chi connectivity index (χ0n) is 6.37. The molecule has 0 aliphatic heterocycles. The molecular formula is C7H6Cl2O3S. The lowest BCUT2D eigenvalue weighted by Crippen LogP contribution is -1.98. The van der Waals surface area contributed by atoms with Gasteiger partial charge in [0.25, 0.3) is 9.05 Å². The summed E-state index contributed by atoms with van der Waals surface area (Å²) < 4.78 is 22.0. The molecule has 0 aliphatic carbocycles. The van der Waals surface area contributed by atoms with Crippen LogP contribution in [0.1, 0.15) is 5.56 Å². The molecule has 0 saturated carbocycles. The molecule has 0 spiro atoms. The molecule has 72 valence electrons. The van der Waals surface area contributed by atoms with Crippen LogP contribution in [-0.4, -0.2) is 13.5 Å². The summed E-state index contributed by atoms with van der Waals surface area (Å²) in [6, 6.07) is 4.39. The number of aliphatic hydroxyl groups is 1. The van der Waals surface area contributed by atoms with E-state index in [9.17, 15) is 8.42 Å². The lowest BCUT2D eigenvalue weighted by Gasteiger charge is -2.04. The van der Waals surface area contributed by atoms with Gasteiger partial charge in [0.1, 0.15) is 4.90 Å². The molecule has 6 heteroatoms. The second-order valence-electron chi connectivity index (χ2n) is 2.32. The fourth-order valence-electron chi connectivity index (χ4n) is 0.951.